The van der Waals surface area contributed by atoms with E-state index in [9.17, 15) is 19.8 Å². The van der Waals surface area contributed by atoms with Gasteiger partial charge in [-0.2, -0.15) is 4.98 Å². The second kappa shape index (κ2) is 9.36. The van der Waals surface area contributed by atoms with Crippen molar-refractivity contribution in [1.82, 2.24) is 18.7 Å². The Morgan fingerprint density at radius 3 is 2.61 bits per heavy atom. The Morgan fingerprint density at radius 2 is 1.94 bits per heavy atom. The lowest BCUT2D eigenvalue weighted by molar-refractivity contribution is 0.0937. The molecular formula is C21H29N5O5. The van der Waals surface area contributed by atoms with E-state index in [4.69, 9.17) is 4.74 Å². The van der Waals surface area contributed by atoms with Crippen molar-refractivity contribution in [3.05, 3.63) is 50.7 Å². The van der Waals surface area contributed by atoms with Crippen LogP contribution in [-0.4, -0.2) is 54.3 Å². The number of nitrogens with one attached hydrogen (secondary N) is 1. The van der Waals surface area contributed by atoms with Crippen LogP contribution in [0.1, 0.15) is 19.4 Å². The lowest BCUT2D eigenvalue weighted by atomic mass is 10.2. The topological polar surface area (TPSA) is 124 Å². The summed E-state index contributed by atoms with van der Waals surface area (Å²) >= 11 is 0. The van der Waals surface area contributed by atoms with Gasteiger partial charge in [0.2, 0.25) is 5.95 Å². The van der Waals surface area contributed by atoms with Crippen molar-refractivity contribution in [2.24, 2.45) is 14.1 Å². The first-order chi connectivity index (χ1) is 14.7. The van der Waals surface area contributed by atoms with Crippen LogP contribution in [0.4, 0.5) is 5.95 Å². The van der Waals surface area contributed by atoms with Gasteiger partial charge in [-0.1, -0.05) is 19.1 Å². The molecule has 10 nitrogen and oxygen atoms in total. The molecule has 0 aliphatic carbocycles. The van der Waals surface area contributed by atoms with Crippen molar-refractivity contribution in [3.8, 4) is 5.75 Å². The van der Waals surface area contributed by atoms with Gasteiger partial charge in [0.25, 0.3) is 5.56 Å². The Kier molecular flexibility index (Phi) is 6.81. The molecule has 168 valence electrons. The monoisotopic (exact) mass is 431 g/mol. The van der Waals surface area contributed by atoms with Gasteiger partial charge in [-0.05, 0) is 31.0 Å². The number of hydrogen-bond acceptors (Lipinski definition) is 7. The van der Waals surface area contributed by atoms with Crippen LogP contribution in [0, 0.1) is 0 Å². The van der Waals surface area contributed by atoms with Gasteiger partial charge in [-0.25, -0.2) is 4.79 Å². The third-order valence-electron chi connectivity index (χ3n) is 5.05. The van der Waals surface area contributed by atoms with E-state index in [0.29, 0.717) is 5.75 Å². The molecule has 0 unspecified atom stereocenters. The van der Waals surface area contributed by atoms with Crippen LogP contribution >= 0.6 is 0 Å². The number of aromatic nitrogens is 4. The second-order valence-corrected chi connectivity index (χ2v) is 7.62. The highest BCUT2D eigenvalue weighted by molar-refractivity contribution is 5.74. The molecule has 0 fully saturated rings. The molecule has 0 aliphatic rings. The second-order valence-electron chi connectivity index (χ2n) is 7.62. The summed E-state index contributed by atoms with van der Waals surface area (Å²) in [5.41, 5.74) is 0.500. The zero-order valence-corrected chi connectivity index (χ0v) is 18.2. The molecule has 2 atom stereocenters. The van der Waals surface area contributed by atoms with E-state index in [1.165, 1.54) is 23.2 Å². The summed E-state index contributed by atoms with van der Waals surface area (Å²) in [5, 5.41) is 23.2. The molecule has 2 aromatic heterocycles. The Balaban J connectivity index is 1.92. The van der Waals surface area contributed by atoms with Crippen LogP contribution in [0.25, 0.3) is 11.2 Å². The average molecular weight is 431 g/mol. The van der Waals surface area contributed by atoms with Crippen molar-refractivity contribution in [1.29, 1.82) is 0 Å². The van der Waals surface area contributed by atoms with E-state index < -0.39 is 23.5 Å². The first-order valence-corrected chi connectivity index (χ1v) is 10.2. The molecule has 0 amide bonds. The van der Waals surface area contributed by atoms with Crippen molar-refractivity contribution in [2.75, 3.05) is 18.5 Å². The third-order valence-corrected chi connectivity index (χ3v) is 5.05. The maximum absolute atomic E-state index is 12.8. The van der Waals surface area contributed by atoms with Crippen LogP contribution in [-0.2, 0) is 27.1 Å². The highest BCUT2D eigenvalue weighted by Crippen LogP contribution is 2.18. The summed E-state index contributed by atoms with van der Waals surface area (Å²) in [6, 6.07) is 7.63. The van der Waals surface area contributed by atoms with Gasteiger partial charge in [0, 0.05) is 20.6 Å². The van der Waals surface area contributed by atoms with Crippen molar-refractivity contribution >= 4 is 17.1 Å². The molecule has 0 bridgehead atoms. The van der Waals surface area contributed by atoms with Gasteiger partial charge in [-0.15, -0.1) is 0 Å². The molecule has 0 aliphatic heterocycles. The smallest absolute Gasteiger partial charge is 0.332 e. The maximum Gasteiger partial charge on any atom is 0.332 e. The van der Waals surface area contributed by atoms with Crippen LogP contribution < -0.4 is 21.3 Å². The lowest BCUT2D eigenvalue weighted by Gasteiger charge is -2.16. The molecule has 0 saturated carbocycles. The van der Waals surface area contributed by atoms with Crippen molar-refractivity contribution in [2.45, 2.75) is 39.0 Å². The predicted octanol–water partition coefficient (Wildman–Crippen LogP) is 0.229. The number of nitrogens with zero attached hydrogens (tertiary/aromatic N) is 4. The molecular weight excluding hydrogens is 402 g/mol. The summed E-state index contributed by atoms with van der Waals surface area (Å²) in [5.74, 6) is 0.931. The largest absolute Gasteiger partial charge is 0.491 e. The zero-order chi connectivity index (χ0) is 22.7. The molecule has 0 spiro atoms. The molecule has 31 heavy (non-hydrogen) atoms. The summed E-state index contributed by atoms with van der Waals surface area (Å²) in [7, 11) is 2.92. The van der Waals surface area contributed by atoms with Crippen molar-refractivity contribution < 1.29 is 14.9 Å². The number of anilines is 1. The minimum atomic E-state index is -0.947. The predicted molar refractivity (Wildman–Crippen MR) is 118 cm³/mol. The average Bonchev–Trinajstić information content (AvgIpc) is 3.11. The quantitative estimate of drug-likeness (QED) is 0.443. The van der Waals surface area contributed by atoms with E-state index in [1.807, 2.05) is 31.2 Å². The number of hydrogen-bond donors (Lipinski definition) is 3. The molecule has 0 saturated heterocycles. The fraction of sp³-hybridized carbons (Fsp3) is 0.476. The summed E-state index contributed by atoms with van der Waals surface area (Å²) in [6.07, 6.45) is -0.725. The van der Waals surface area contributed by atoms with Gasteiger partial charge in [-0.3, -0.25) is 13.9 Å². The fourth-order valence-electron chi connectivity index (χ4n) is 3.31. The van der Waals surface area contributed by atoms with Gasteiger partial charge >= 0.3 is 5.69 Å². The Hall–Kier alpha value is -3.11. The number of benzene rings is 1. The lowest BCUT2D eigenvalue weighted by Crippen LogP contribution is -2.38. The number of aryl methyl sites for hydroxylation is 2. The van der Waals surface area contributed by atoms with E-state index in [1.54, 1.807) is 6.92 Å². The van der Waals surface area contributed by atoms with E-state index >= 15 is 0 Å². The Morgan fingerprint density at radius 1 is 1.19 bits per heavy atom. The molecule has 10 heteroatoms. The number of rotatable bonds is 9. The Labute approximate surface area is 179 Å². The molecule has 2 heterocycles. The first-order valence-electron chi connectivity index (χ1n) is 10.2. The fourth-order valence-corrected chi connectivity index (χ4v) is 3.31. The molecule has 0 radical (unpaired) electrons. The minimum Gasteiger partial charge on any atom is -0.491 e. The van der Waals surface area contributed by atoms with E-state index in [-0.39, 0.29) is 36.8 Å². The highest BCUT2D eigenvalue weighted by Gasteiger charge is 2.21. The van der Waals surface area contributed by atoms with Crippen molar-refractivity contribution in [3.63, 3.8) is 0 Å². The number of fused-ring (bicyclic) bond motifs is 1. The Bertz CT molecular complexity index is 1180. The normalized spacial score (nSPS) is 13.4. The summed E-state index contributed by atoms with van der Waals surface area (Å²) < 4.78 is 9.52. The molecule has 3 rings (SSSR count). The van der Waals surface area contributed by atoms with E-state index in [0.717, 1.165) is 16.6 Å². The van der Waals surface area contributed by atoms with Crippen LogP contribution in [0.2, 0.25) is 0 Å². The number of ether oxygens (including phenoxy) is 1. The number of aliphatic hydroxyl groups excluding tert-OH is 2. The molecule has 3 aromatic rings. The SMILES string of the molecule is CCc1cccc(OC[C@H](O)Cn2c(NC[C@H](C)O)nc3c2c(=O)n(C)c(=O)n3C)c1. The van der Waals surface area contributed by atoms with Gasteiger partial charge < -0.3 is 24.8 Å². The third kappa shape index (κ3) is 4.80. The zero-order valence-electron chi connectivity index (χ0n) is 18.2. The van der Waals surface area contributed by atoms with Crippen LogP contribution in [0.15, 0.2) is 33.9 Å². The minimum absolute atomic E-state index is 0.00869. The summed E-state index contributed by atoms with van der Waals surface area (Å²) in [4.78, 5) is 29.5. The molecule has 3 N–H and O–H groups in total. The standard InChI is InChI=1S/C21H29N5O5/c1-5-14-7-6-8-16(9-14)31-12-15(28)11-26-17-18(23-20(26)22-10-13(2)27)24(3)21(30)25(4)19(17)29/h6-9,13,15,27-28H,5,10-12H2,1-4H3,(H,22,23)/t13-,15+/m0/s1. The van der Waals surface area contributed by atoms with Gasteiger partial charge in [0.15, 0.2) is 11.2 Å². The molecule has 1 aromatic carbocycles. The van der Waals surface area contributed by atoms with E-state index in [2.05, 4.69) is 10.3 Å². The maximum atomic E-state index is 12.8. The van der Waals surface area contributed by atoms with Gasteiger partial charge in [0.1, 0.15) is 18.5 Å². The van der Waals surface area contributed by atoms with Gasteiger partial charge in [0.05, 0.1) is 12.6 Å². The number of aliphatic hydroxyl groups is 2. The first kappa shape index (κ1) is 22.6. The summed E-state index contributed by atoms with van der Waals surface area (Å²) in [6.45, 7) is 3.87. The highest BCUT2D eigenvalue weighted by atomic mass is 16.5. The van der Waals surface area contributed by atoms with Crippen LogP contribution in [0.5, 0.6) is 5.75 Å². The number of imidazole rings is 1. The van der Waals surface area contributed by atoms with Crippen LogP contribution in [0.3, 0.4) is 0 Å².